The molecule has 31 heavy (non-hydrogen) atoms. The summed E-state index contributed by atoms with van der Waals surface area (Å²) in [7, 11) is 0. The van der Waals surface area contributed by atoms with Crippen LogP contribution >= 0.6 is 0 Å². The van der Waals surface area contributed by atoms with Crippen molar-refractivity contribution in [3.63, 3.8) is 0 Å². The summed E-state index contributed by atoms with van der Waals surface area (Å²) in [5, 5.41) is 0.491. The molecule has 0 unspecified atom stereocenters. The van der Waals surface area contributed by atoms with E-state index >= 15 is 0 Å². The van der Waals surface area contributed by atoms with Crippen LogP contribution in [0.5, 0.6) is 5.75 Å². The van der Waals surface area contributed by atoms with E-state index in [0.29, 0.717) is 28.8 Å². The Morgan fingerprint density at radius 3 is 2.35 bits per heavy atom. The van der Waals surface area contributed by atoms with Gasteiger partial charge in [-0.3, -0.25) is 13.9 Å². The summed E-state index contributed by atoms with van der Waals surface area (Å²) in [6.45, 7) is 6.62. The zero-order valence-corrected chi connectivity index (χ0v) is 17.7. The summed E-state index contributed by atoms with van der Waals surface area (Å²) in [5.74, 6) is 0.788. The van der Waals surface area contributed by atoms with Gasteiger partial charge in [-0.2, -0.15) is 0 Å². The van der Waals surface area contributed by atoms with E-state index in [2.05, 4.69) is 11.9 Å². The van der Waals surface area contributed by atoms with Crippen molar-refractivity contribution in [2.24, 2.45) is 0 Å². The lowest BCUT2D eigenvalue weighted by Gasteiger charge is -2.12. The molecule has 0 amide bonds. The van der Waals surface area contributed by atoms with Gasteiger partial charge in [-0.05, 0) is 56.7 Å². The van der Waals surface area contributed by atoms with Crippen molar-refractivity contribution in [1.82, 2.24) is 24.1 Å². The topological polar surface area (TPSA) is 74.8 Å². The molecule has 0 saturated carbocycles. The largest absolute Gasteiger partial charge is 0.494 e. The quantitative estimate of drug-likeness (QED) is 0.419. The van der Waals surface area contributed by atoms with Crippen LogP contribution in [0.2, 0.25) is 0 Å². The first-order chi connectivity index (χ1) is 15.1. The van der Waals surface area contributed by atoms with Crippen LogP contribution in [0.25, 0.3) is 38.9 Å². The highest BCUT2D eigenvalue weighted by molar-refractivity contribution is 6.05. The molecule has 1 atom stereocenters. The number of benzene rings is 2. The smallest absolute Gasteiger partial charge is 0.265 e. The number of rotatable bonds is 5. The maximum atomic E-state index is 13.5. The molecule has 7 heteroatoms. The minimum Gasteiger partial charge on any atom is -0.494 e. The molecule has 0 fully saturated rings. The van der Waals surface area contributed by atoms with Gasteiger partial charge in [-0.25, -0.2) is 15.0 Å². The van der Waals surface area contributed by atoms with E-state index in [9.17, 15) is 4.79 Å². The SMILES string of the molecule is CCOc1ccc(-n2c3nc4ccccc4nc3c3c(=O)n([C@H](C)CC)cnc32)cc1. The van der Waals surface area contributed by atoms with E-state index in [4.69, 9.17) is 14.7 Å². The molecule has 0 bridgehead atoms. The number of nitrogens with zero attached hydrogens (tertiary/aromatic N) is 5. The van der Waals surface area contributed by atoms with Gasteiger partial charge < -0.3 is 4.74 Å². The van der Waals surface area contributed by atoms with Crippen LogP contribution in [0.4, 0.5) is 0 Å². The van der Waals surface area contributed by atoms with Crippen molar-refractivity contribution in [2.75, 3.05) is 6.61 Å². The molecule has 156 valence electrons. The molecule has 0 radical (unpaired) electrons. The first-order valence-electron chi connectivity index (χ1n) is 10.5. The van der Waals surface area contributed by atoms with Crippen LogP contribution in [-0.2, 0) is 0 Å². The second-order valence-electron chi connectivity index (χ2n) is 7.56. The summed E-state index contributed by atoms with van der Waals surface area (Å²) in [6.07, 6.45) is 2.46. The van der Waals surface area contributed by atoms with Crippen molar-refractivity contribution in [1.29, 1.82) is 0 Å². The minimum atomic E-state index is -0.0985. The predicted octanol–water partition coefficient (Wildman–Crippen LogP) is 4.65. The lowest BCUT2D eigenvalue weighted by molar-refractivity contribution is 0.340. The lowest BCUT2D eigenvalue weighted by atomic mass is 10.2. The van der Waals surface area contributed by atoms with Gasteiger partial charge in [0.25, 0.3) is 5.56 Å². The maximum absolute atomic E-state index is 13.5. The van der Waals surface area contributed by atoms with Crippen molar-refractivity contribution in [3.05, 3.63) is 65.2 Å². The highest BCUT2D eigenvalue weighted by Crippen LogP contribution is 2.29. The van der Waals surface area contributed by atoms with Crippen molar-refractivity contribution in [2.45, 2.75) is 33.2 Å². The lowest BCUT2D eigenvalue weighted by Crippen LogP contribution is -2.23. The minimum absolute atomic E-state index is 0.0432. The van der Waals surface area contributed by atoms with Gasteiger partial charge >= 0.3 is 0 Å². The Bertz CT molecular complexity index is 1470. The number of ether oxygens (including phenoxy) is 1. The summed E-state index contributed by atoms with van der Waals surface area (Å²) < 4.78 is 9.16. The summed E-state index contributed by atoms with van der Waals surface area (Å²) in [6, 6.07) is 15.4. The number of para-hydroxylation sites is 2. The third-order valence-electron chi connectivity index (χ3n) is 5.66. The molecular formula is C24H23N5O2. The van der Waals surface area contributed by atoms with Gasteiger partial charge in [0.05, 0.1) is 17.6 Å². The van der Waals surface area contributed by atoms with Gasteiger partial charge in [-0.15, -0.1) is 0 Å². The average molecular weight is 413 g/mol. The summed E-state index contributed by atoms with van der Waals surface area (Å²) in [5.41, 5.74) is 4.01. The first kappa shape index (κ1) is 19.2. The Hall–Kier alpha value is -3.74. The van der Waals surface area contributed by atoms with E-state index in [1.165, 1.54) is 0 Å². The van der Waals surface area contributed by atoms with E-state index < -0.39 is 0 Å². The van der Waals surface area contributed by atoms with E-state index in [-0.39, 0.29) is 11.6 Å². The fourth-order valence-corrected chi connectivity index (χ4v) is 3.86. The number of hydrogen-bond donors (Lipinski definition) is 0. The second-order valence-corrected chi connectivity index (χ2v) is 7.56. The molecule has 3 heterocycles. The van der Waals surface area contributed by atoms with Crippen LogP contribution in [-0.4, -0.2) is 30.7 Å². The fraction of sp³-hybridized carbons (Fsp3) is 0.250. The Balaban J connectivity index is 1.89. The van der Waals surface area contributed by atoms with Crippen LogP contribution < -0.4 is 10.3 Å². The second kappa shape index (κ2) is 7.50. The maximum Gasteiger partial charge on any atom is 0.265 e. The van der Waals surface area contributed by atoms with E-state index in [1.807, 2.05) is 66.9 Å². The highest BCUT2D eigenvalue weighted by Gasteiger charge is 2.21. The standard InChI is InChI=1S/C24H23N5O2/c1-4-15(3)28-14-25-22-20(24(28)30)21-23(27-19-9-7-6-8-18(19)26-21)29(22)16-10-12-17(13-11-16)31-5-2/h6-15H,4-5H2,1-3H3/t15-/m1/s1. The Morgan fingerprint density at radius 1 is 0.968 bits per heavy atom. The van der Waals surface area contributed by atoms with Crippen LogP contribution in [0.15, 0.2) is 59.7 Å². The van der Waals surface area contributed by atoms with Gasteiger partial charge in [-0.1, -0.05) is 19.1 Å². The summed E-state index contributed by atoms with van der Waals surface area (Å²) >= 11 is 0. The molecule has 0 aliphatic rings. The molecule has 0 saturated heterocycles. The molecule has 3 aromatic heterocycles. The highest BCUT2D eigenvalue weighted by atomic mass is 16.5. The van der Waals surface area contributed by atoms with Gasteiger partial charge in [0.2, 0.25) is 0 Å². The van der Waals surface area contributed by atoms with Gasteiger partial charge in [0.15, 0.2) is 11.3 Å². The molecule has 5 aromatic rings. The third-order valence-corrected chi connectivity index (χ3v) is 5.66. The number of fused-ring (bicyclic) bond motifs is 4. The zero-order chi connectivity index (χ0) is 21.5. The molecular weight excluding hydrogens is 390 g/mol. The van der Waals surface area contributed by atoms with Crippen LogP contribution in [0.1, 0.15) is 33.2 Å². The monoisotopic (exact) mass is 413 g/mol. The molecule has 5 rings (SSSR count). The van der Waals surface area contributed by atoms with Crippen molar-refractivity contribution in [3.8, 4) is 11.4 Å². The number of hydrogen-bond acceptors (Lipinski definition) is 5. The molecule has 2 aromatic carbocycles. The third kappa shape index (κ3) is 3.04. The van der Waals surface area contributed by atoms with Crippen LogP contribution in [0.3, 0.4) is 0 Å². The van der Waals surface area contributed by atoms with E-state index in [1.54, 1.807) is 10.9 Å². The Morgan fingerprint density at radius 2 is 1.68 bits per heavy atom. The molecule has 0 N–H and O–H groups in total. The van der Waals surface area contributed by atoms with Gasteiger partial charge in [0.1, 0.15) is 23.0 Å². The van der Waals surface area contributed by atoms with Crippen LogP contribution in [0, 0.1) is 0 Å². The normalized spacial score (nSPS) is 12.6. The molecule has 0 aliphatic carbocycles. The zero-order valence-electron chi connectivity index (χ0n) is 17.7. The van der Waals surface area contributed by atoms with E-state index in [0.717, 1.165) is 28.9 Å². The summed E-state index contributed by atoms with van der Waals surface area (Å²) in [4.78, 5) is 27.9. The van der Waals surface area contributed by atoms with Crippen molar-refractivity contribution >= 4 is 33.2 Å². The number of aromatic nitrogens is 5. The first-order valence-corrected chi connectivity index (χ1v) is 10.5. The Labute approximate surface area is 179 Å². The van der Waals surface area contributed by atoms with Gasteiger partial charge in [0, 0.05) is 11.7 Å². The average Bonchev–Trinajstić information content (AvgIpc) is 3.12. The Kier molecular flexibility index (Phi) is 4.66. The molecule has 0 aliphatic heterocycles. The molecule has 7 nitrogen and oxygen atoms in total. The predicted molar refractivity (Wildman–Crippen MR) is 122 cm³/mol. The van der Waals surface area contributed by atoms with Crippen molar-refractivity contribution < 1.29 is 4.74 Å². The fourth-order valence-electron chi connectivity index (χ4n) is 3.86. The molecule has 0 spiro atoms.